The van der Waals surface area contributed by atoms with Crippen molar-refractivity contribution < 1.29 is 0 Å². The highest BCUT2D eigenvalue weighted by Crippen LogP contribution is 2.23. The van der Waals surface area contributed by atoms with Crippen molar-refractivity contribution in [2.45, 2.75) is 11.3 Å². The van der Waals surface area contributed by atoms with Crippen LogP contribution >= 0.6 is 11.6 Å². The van der Waals surface area contributed by atoms with Gasteiger partial charge in [-0.15, -0.1) is 11.6 Å². The Hall–Kier alpha value is -0.230. The molecule has 0 saturated heterocycles. The van der Waals surface area contributed by atoms with Gasteiger partial charge in [0.05, 0.1) is 4.87 Å². The third-order valence-electron chi connectivity index (χ3n) is 1.05. The van der Waals surface area contributed by atoms with E-state index in [1.807, 2.05) is 18.2 Å². The van der Waals surface area contributed by atoms with Gasteiger partial charge in [-0.25, -0.2) is 0 Å². The lowest BCUT2D eigenvalue weighted by Gasteiger charge is -2.15. The van der Waals surface area contributed by atoms with E-state index in [1.165, 1.54) is 0 Å². The molecule has 2 radical (unpaired) electrons. The second-order valence-corrected chi connectivity index (χ2v) is 2.62. The molecule has 0 aromatic carbocycles. The van der Waals surface area contributed by atoms with Crippen LogP contribution in [0.4, 0.5) is 0 Å². The maximum Gasteiger partial charge on any atom is 0.0698 e. The predicted octanol–water partition coefficient (Wildman–Crippen LogP) is 2.19. The van der Waals surface area contributed by atoms with Crippen LogP contribution in [0.2, 0.25) is 0 Å². The van der Waals surface area contributed by atoms with Gasteiger partial charge in [-0.2, -0.15) is 0 Å². The molecule has 0 amide bonds. The Kier molecular flexibility index (Phi) is 1.43. The molecule has 0 spiro atoms. The first kappa shape index (κ1) is 5.90. The van der Waals surface area contributed by atoms with Gasteiger partial charge >= 0.3 is 0 Å². The van der Waals surface area contributed by atoms with Crippen molar-refractivity contribution in [3.63, 3.8) is 0 Å². The summed E-state index contributed by atoms with van der Waals surface area (Å²) in [4.78, 5) is -0.616. The third kappa shape index (κ3) is 1.38. The van der Waals surface area contributed by atoms with Crippen molar-refractivity contribution in [3.05, 3.63) is 31.2 Å². The van der Waals surface area contributed by atoms with Gasteiger partial charge in [0, 0.05) is 0 Å². The fourth-order valence-electron chi connectivity index (χ4n) is 0.611. The maximum absolute atomic E-state index is 5.71. The van der Waals surface area contributed by atoms with Crippen LogP contribution in [0.3, 0.4) is 0 Å². The van der Waals surface area contributed by atoms with Crippen molar-refractivity contribution in [1.82, 2.24) is 0 Å². The average molecular weight is 127 g/mol. The minimum Gasteiger partial charge on any atom is -0.114 e. The van der Waals surface area contributed by atoms with Crippen LogP contribution in [0.5, 0.6) is 0 Å². The molecule has 0 aromatic rings. The largest absolute Gasteiger partial charge is 0.114 e. The summed E-state index contributed by atoms with van der Waals surface area (Å²) in [6, 6.07) is 0. The van der Waals surface area contributed by atoms with Crippen molar-refractivity contribution in [2.24, 2.45) is 0 Å². The Labute approximate surface area is 54.8 Å². The highest BCUT2D eigenvalue weighted by atomic mass is 35.5. The Bertz CT molecular complexity index is 131. The van der Waals surface area contributed by atoms with Crippen LogP contribution in [-0.2, 0) is 0 Å². The summed E-state index contributed by atoms with van der Waals surface area (Å²) in [5.41, 5.74) is 0. The predicted molar refractivity (Wildman–Crippen MR) is 35.8 cm³/mol. The molecule has 0 bridgehead atoms. The number of alkyl halides is 1. The molecule has 0 nitrogen and oxygen atoms in total. The molecule has 0 aliphatic heterocycles. The van der Waals surface area contributed by atoms with Gasteiger partial charge in [0.1, 0.15) is 0 Å². The second-order valence-electron chi connectivity index (χ2n) is 1.92. The molecule has 1 aliphatic carbocycles. The Morgan fingerprint density at radius 1 is 1.50 bits per heavy atom. The Morgan fingerprint density at radius 2 is 2.25 bits per heavy atom. The number of halogens is 1. The average Bonchev–Trinajstić information content (AvgIpc) is 1.65. The van der Waals surface area contributed by atoms with Crippen LogP contribution in [-0.4, -0.2) is 4.87 Å². The van der Waals surface area contributed by atoms with E-state index in [9.17, 15) is 0 Å². The molecule has 1 aliphatic rings. The van der Waals surface area contributed by atoms with Crippen LogP contribution in [0.15, 0.2) is 24.3 Å². The van der Waals surface area contributed by atoms with Crippen molar-refractivity contribution >= 4 is 11.6 Å². The van der Waals surface area contributed by atoms with E-state index in [0.717, 1.165) is 6.42 Å². The fraction of sp³-hybridized carbons (Fsp3) is 0.286. The first-order valence-electron chi connectivity index (χ1n) is 2.53. The van der Waals surface area contributed by atoms with Crippen LogP contribution < -0.4 is 0 Å². The number of hydrogen-bond acceptors (Lipinski definition) is 0. The zero-order valence-electron chi connectivity index (χ0n) is 4.47. The lowest BCUT2D eigenvalue weighted by Crippen LogP contribution is -2.12. The topological polar surface area (TPSA) is 0 Å². The van der Waals surface area contributed by atoms with Gasteiger partial charge in [0.15, 0.2) is 0 Å². The van der Waals surface area contributed by atoms with E-state index in [-0.39, 0.29) is 0 Å². The second kappa shape index (κ2) is 1.94. The van der Waals surface area contributed by atoms with Crippen molar-refractivity contribution in [1.29, 1.82) is 0 Å². The van der Waals surface area contributed by atoms with Gasteiger partial charge in [-0.3, -0.25) is 0 Å². The van der Waals surface area contributed by atoms with Crippen molar-refractivity contribution in [3.8, 4) is 0 Å². The molecular formula is C7H7Cl. The maximum atomic E-state index is 5.71. The monoisotopic (exact) mass is 126 g/mol. The first-order chi connectivity index (χ1) is 3.71. The summed E-state index contributed by atoms with van der Waals surface area (Å²) in [5, 5.41) is 0. The van der Waals surface area contributed by atoms with Gasteiger partial charge in [-0.1, -0.05) is 24.3 Å². The van der Waals surface area contributed by atoms with Crippen molar-refractivity contribution in [2.75, 3.05) is 0 Å². The normalized spacial score (nSPS) is 35.8. The molecule has 0 fully saturated rings. The Balaban J connectivity index is 2.65. The van der Waals surface area contributed by atoms with Gasteiger partial charge in [0.2, 0.25) is 0 Å². The van der Waals surface area contributed by atoms with E-state index in [4.69, 9.17) is 18.5 Å². The van der Waals surface area contributed by atoms with Crippen LogP contribution in [0.25, 0.3) is 0 Å². The molecule has 0 saturated carbocycles. The summed E-state index contributed by atoms with van der Waals surface area (Å²) in [5.74, 6) is 0. The van der Waals surface area contributed by atoms with Gasteiger partial charge in [0.25, 0.3) is 0 Å². The summed E-state index contributed by atoms with van der Waals surface area (Å²) in [6.07, 6.45) is 8.26. The number of allylic oxidation sites excluding steroid dienone is 4. The molecule has 1 unspecified atom stereocenters. The summed E-state index contributed by atoms with van der Waals surface area (Å²) in [7, 11) is 0. The smallest absolute Gasteiger partial charge is 0.0698 e. The van der Waals surface area contributed by atoms with Gasteiger partial charge in [-0.05, 0) is 13.3 Å². The lowest BCUT2D eigenvalue weighted by molar-refractivity contribution is 0.863. The number of hydrogen-bond donors (Lipinski definition) is 0. The molecule has 1 atom stereocenters. The lowest BCUT2D eigenvalue weighted by atomic mass is 10.0. The summed E-state index contributed by atoms with van der Waals surface area (Å²) in [6.45, 7) is 5.51. The van der Waals surface area contributed by atoms with Crippen LogP contribution in [0, 0.1) is 6.92 Å². The summed E-state index contributed by atoms with van der Waals surface area (Å²) >= 11 is 5.71. The van der Waals surface area contributed by atoms with Gasteiger partial charge < -0.3 is 0 Å². The molecule has 1 heteroatoms. The number of rotatable bonds is 0. The highest BCUT2D eigenvalue weighted by molar-refractivity contribution is 6.26. The highest BCUT2D eigenvalue weighted by Gasteiger charge is 2.15. The van der Waals surface area contributed by atoms with E-state index in [2.05, 4.69) is 0 Å². The standard InChI is InChI=1S/C7H7Cl/c1-7(8)5-3-2-4-6-7/h1-5H,6H2. The fourth-order valence-corrected chi connectivity index (χ4v) is 0.773. The quantitative estimate of drug-likeness (QED) is 0.437. The molecule has 42 valence electrons. The first-order valence-corrected chi connectivity index (χ1v) is 2.91. The minimum atomic E-state index is -0.616. The molecule has 0 aromatic heterocycles. The van der Waals surface area contributed by atoms with E-state index >= 15 is 0 Å². The Morgan fingerprint density at radius 3 is 2.50 bits per heavy atom. The zero-order chi connectivity index (χ0) is 6.04. The zero-order valence-corrected chi connectivity index (χ0v) is 5.23. The molecule has 1 rings (SSSR count). The van der Waals surface area contributed by atoms with E-state index < -0.39 is 4.87 Å². The molecule has 8 heavy (non-hydrogen) atoms. The van der Waals surface area contributed by atoms with E-state index in [1.54, 1.807) is 6.08 Å². The molecule has 0 heterocycles. The third-order valence-corrected chi connectivity index (χ3v) is 1.33. The molecular weight excluding hydrogens is 120 g/mol. The molecule has 0 N–H and O–H groups in total. The SMILES string of the molecule is [CH]C1(Cl)C=CC=CC1. The van der Waals surface area contributed by atoms with E-state index in [0.29, 0.717) is 0 Å². The van der Waals surface area contributed by atoms with Crippen LogP contribution in [0.1, 0.15) is 6.42 Å². The summed E-state index contributed by atoms with van der Waals surface area (Å²) < 4.78 is 0. The minimum absolute atomic E-state index is 0.616.